The predicted molar refractivity (Wildman–Crippen MR) is 83.0 cm³/mol. The van der Waals surface area contributed by atoms with Crippen LogP contribution in [0.25, 0.3) is 11.4 Å². The Kier molecular flexibility index (Phi) is 4.01. The van der Waals surface area contributed by atoms with Crippen molar-refractivity contribution < 1.29 is 9.26 Å². The summed E-state index contributed by atoms with van der Waals surface area (Å²) in [5.41, 5.74) is 1.72. The van der Waals surface area contributed by atoms with E-state index >= 15 is 0 Å². The number of aromatic nitrogens is 4. The van der Waals surface area contributed by atoms with Crippen LogP contribution in [0, 0.1) is 6.92 Å². The smallest absolute Gasteiger partial charge is 0.210 e. The molecule has 3 rings (SSSR count). The van der Waals surface area contributed by atoms with Crippen LogP contribution >= 0.6 is 11.8 Å². The van der Waals surface area contributed by atoms with Crippen molar-refractivity contribution in [3.8, 4) is 17.1 Å². The second kappa shape index (κ2) is 6.10. The minimum atomic E-state index is 0.596. The summed E-state index contributed by atoms with van der Waals surface area (Å²) in [5, 5.41) is 12.7. The molecule has 0 spiro atoms. The van der Waals surface area contributed by atoms with Gasteiger partial charge in [0.25, 0.3) is 0 Å². The molecule has 22 heavy (non-hydrogen) atoms. The molecule has 0 saturated heterocycles. The number of hydrogen-bond donors (Lipinski definition) is 1. The molecule has 0 saturated carbocycles. The molecule has 0 aliphatic rings. The normalized spacial score (nSPS) is 10.8. The summed E-state index contributed by atoms with van der Waals surface area (Å²) in [6.45, 7) is 1.88. The number of nitrogens with two attached hydrogens (primary N) is 1. The van der Waals surface area contributed by atoms with Crippen molar-refractivity contribution in [2.24, 2.45) is 0 Å². The number of nitrogen functional groups attached to an aromatic ring is 1. The standard InChI is InChI=1S/C14H15N5O2S/c1-9-7-12(21-18-9)8-22-14-17-16-13(19(14)15)10-3-5-11(20-2)6-4-10/h3-7H,8,15H2,1-2H3. The zero-order valence-corrected chi connectivity index (χ0v) is 13.0. The van der Waals surface area contributed by atoms with Gasteiger partial charge in [0.2, 0.25) is 5.16 Å². The first-order valence-corrected chi connectivity index (χ1v) is 7.56. The molecule has 0 bridgehead atoms. The summed E-state index contributed by atoms with van der Waals surface area (Å²) in [5.74, 6) is 8.82. The van der Waals surface area contributed by atoms with Gasteiger partial charge in [-0.3, -0.25) is 0 Å². The highest BCUT2D eigenvalue weighted by molar-refractivity contribution is 7.98. The van der Waals surface area contributed by atoms with E-state index < -0.39 is 0 Å². The lowest BCUT2D eigenvalue weighted by Gasteiger charge is -2.04. The Morgan fingerprint density at radius 1 is 1.27 bits per heavy atom. The first-order valence-electron chi connectivity index (χ1n) is 6.57. The molecule has 0 fully saturated rings. The van der Waals surface area contributed by atoms with Gasteiger partial charge in [0.15, 0.2) is 5.82 Å². The van der Waals surface area contributed by atoms with E-state index in [0.29, 0.717) is 16.7 Å². The van der Waals surface area contributed by atoms with Gasteiger partial charge in [-0.15, -0.1) is 10.2 Å². The van der Waals surface area contributed by atoms with Crippen LogP contribution in [0.15, 0.2) is 40.0 Å². The van der Waals surface area contributed by atoms with E-state index in [-0.39, 0.29) is 0 Å². The molecule has 1 aromatic carbocycles. The Balaban J connectivity index is 1.76. The molecule has 114 valence electrons. The fourth-order valence-electron chi connectivity index (χ4n) is 1.93. The van der Waals surface area contributed by atoms with Crippen LogP contribution in [0.1, 0.15) is 11.5 Å². The number of methoxy groups -OCH3 is 1. The topological polar surface area (TPSA) is 92.0 Å². The van der Waals surface area contributed by atoms with Gasteiger partial charge in [-0.25, -0.2) is 4.68 Å². The first-order chi connectivity index (χ1) is 10.7. The summed E-state index contributed by atoms with van der Waals surface area (Å²) < 4.78 is 11.8. The van der Waals surface area contributed by atoms with Crippen LogP contribution in [-0.2, 0) is 5.75 Å². The fourth-order valence-corrected chi connectivity index (χ4v) is 2.66. The van der Waals surface area contributed by atoms with Gasteiger partial charge in [0, 0.05) is 11.6 Å². The van der Waals surface area contributed by atoms with Gasteiger partial charge in [-0.05, 0) is 31.2 Å². The van der Waals surface area contributed by atoms with Crippen molar-refractivity contribution in [2.75, 3.05) is 13.0 Å². The van der Waals surface area contributed by atoms with Crippen LogP contribution in [0.5, 0.6) is 5.75 Å². The van der Waals surface area contributed by atoms with E-state index in [1.165, 1.54) is 16.4 Å². The van der Waals surface area contributed by atoms with E-state index in [1.54, 1.807) is 7.11 Å². The minimum absolute atomic E-state index is 0.596. The third kappa shape index (κ3) is 2.91. The Labute approximate surface area is 131 Å². The molecule has 7 nitrogen and oxygen atoms in total. The fraction of sp³-hybridized carbons (Fsp3) is 0.214. The van der Waals surface area contributed by atoms with Gasteiger partial charge >= 0.3 is 0 Å². The third-order valence-electron chi connectivity index (χ3n) is 3.03. The van der Waals surface area contributed by atoms with Crippen molar-refractivity contribution in [2.45, 2.75) is 17.8 Å². The van der Waals surface area contributed by atoms with Crippen LogP contribution in [0.4, 0.5) is 0 Å². The number of aryl methyl sites for hydroxylation is 1. The van der Waals surface area contributed by atoms with E-state index in [4.69, 9.17) is 15.1 Å². The molecule has 0 unspecified atom stereocenters. The molecule has 2 aromatic heterocycles. The summed E-state index contributed by atoms with van der Waals surface area (Å²) >= 11 is 1.44. The molecule has 0 aliphatic carbocycles. The highest BCUT2D eigenvalue weighted by Gasteiger charge is 2.13. The van der Waals surface area contributed by atoms with Crippen molar-refractivity contribution in [3.05, 3.63) is 41.8 Å². The van der Waals surface area contributed by atoms with E-state index in [9.17, 15) is 0 Å². The molecular weight excluding hydrogens is 302 g/mol. The highest BCUT2D eigenvalue weighted by atomic mass is 32.2. The number of ether oxygens (including phenoxy) is 1. The van der Waals surface area contributed by atoms with Gasteiger partial charge in [-0.2, -0.15) is 0 Å². The number of hydrogen-bond acceptors (Lipinski definition) is 7. The second-order valence-electron chi connectivity index (χ2n) is 4.63. The molecule has 0 aliphatic heterocycles. The van der Waals surface area contributed by atoms with Crippen molar-refractivity contribution in [3.63, 3.8) is 0 Å². The number of thioether (sulfide) groups is 1. The average Bonchev–Trinajstić information content (AvgIpc) is 3.11. The van der Waals surface area contributed by atoms with Crippen LogP contribution < -0.4 is 10.6 Å². The Bertz CT molecular complexity index is 766. The molecule has 2 heterocycles. The molecule has 8 heteroatoms. The van der Waals surface area contributed by atoms with Crippen molar-refractivity contribution >= 4 is 11.8 Å². The molecule has 0 atom stereocenters. The van der Waals surface area contributed by atoms with E-state index in [1.807, 2.05) is 37.3 Å². The van der Waals surface area contributed by atoms with Gasteiger partial charge < -0.3 is 15.1 Å². The summed E-state index contributed by atoms with van der Waals surface area (Å²) in [4.78, 5) is 0. The molecule has 0 radical (unpaired) electrons. The molecular formula is C14H15N5O2S. The van der Waals surface area contributed by atoms with Crippen molar-refractivity contribution in [1.29, 1.82) is 0 Å². The maximum Gasteiger partial charge on any atom is 0.210 e. The van der Waals surface area contributed by atoms with Crippen LogP contribution in [-0.4, -0.2) is 27.1 Å². The van der Waals surface area contributed by atoms with Crippen LogP contribution in [0.2, 0.25) is 0 Å². The zero-order chi connectivity index (χ0) is 15.5. The molecule has 3 aromatic rings. The second-order valence-corrected chi connectivity index (χ2v) is 5.57. The zero-order valence-electron chi connectivity index (χ0n) is 12.2. The maximum absolute atomic E-state index is 6.07. The lowest BCUT2D eigenvalue weighted by molar-refractivity contribution is 0.391. The maximum atomic E-state index is 6.07. The first kappa shape index (κ1) is 14.5. The lowest BCUT2D eigenvalue weighted by atomic mass is 10.2. The van der Waals surface area contributed by atoms with E-state index in [2.05, 4.69) is 15.4 Å². The Hall–Kier alpha value is -2.48. The highest BCUT2D eigenvalue weighted by Crippen LogP contribution is 2.25. The Morgan fingerprint density at radius 3 is 2.68 bits per heavy atom. The average molecular weight is 317 g/mol. The molecule has 0 amide bonds. The van der Waals surface area contributed by atoms with Gasteiger partial charge in [0.1, 0.15) is 11.5 Å². The van der Waals surface area contributed by atoms with Crippen molar-refractivity contribution in [1.82, 2.24) is 20.0 Å². The lowest BCUT2D eigenvalue weighted by Crippen LogP contribution is -2.11. The SMILES string of the molecule is COc1ccc(-c2nnc(SCc3cc(C)no3)n2N)cc1. The number of benzene rings is 1. The predicted octanol–water partition coefficient (Wildman–Crippen LogP) is 2.26. The third-order valence-corrected chi connectivity index (χ3v) is 4.00. The summed E-state index contributed by atoms with van der Waals surface area (Å²) in [6, 6.07) is 9.37. The monoisotopic (exact) mass is 317 g/mol. The summed E-state index contributed by atoms with van der Waals surface area (Å²) in [7, 11) is 1.63. The van der Waals surface area contributed by atoms with Crippen LogP contribution in [0.3, 0.4) is 0 Å². The Morgan fingerprint density at radius 2 is 2.05 bits per heavy atom. The quantitative estimate of drug-likeness (QED) is 0.570. The number of nitrogens with zero attached hydrogens (tertiary/aromatic N) is 4. The largest absolute Gasteiger partial charge is 0.497 e. The number of rotatable bonds is 5. The van der Waals surface area contributed by atoms with Gasteiger partial charge in [0.05, 0.1) is 18.6 Å². The summed E-state index contributed by atoms with van der Waals surface area (Å²) in [6.07, 6.45) is 0. The minimum Gasteiger partial charge on any atom is -0.497 e. The molecule has 2 N–H and O–H groups in total. The van der Waals surface area contributed by atoms with Gasteiger partial charge in [-0.1, -0.05) is 16.9 Å². The van der Waals surface area contributed by atoms with E-state index in [0.717, 1.165) is 22.8 Å².